The lowest BCUT2D eigenvalue weighted by molar-refractivity contribution is -0.167. The number of allylic oxidation sites excluding steroid dienone is 8. The van der Waals surface area contributed by atoms with Gasteiger partial charge in [0.1, 0.15) is 13.2 Å². The number of hydrogen-bond acceptors (Lipinski definition) is 6. The normalized spacial score (nSPS) is 12.4. The number of unbranched alkanes of at least 4 members (excludes halogenated alkanes) is 30. The Labute approximate surface area is 390 Å². The number of hydrogen-bond donors (Lipinski definition) is 0. The number of ether oxygens (including phenoxy) is 3. The Hall–Kier alpha value is -2.63. The molecule has 0 spiro atoms. The van der Waals surface area contributed by atoms with Crippen molar-refractivity contribution in [2.24, 2.45) is 0 Å². The third-order valence-electron chi connectivity index (χ3n) is 11.8. The Morgan fingerprint density at radius 3 is 0.984 bits per heavy atom. The minimum absolute atomic E-state index is 0.0906. The predicted octanol–water partition coefficient (Wildman–Crippen LogP) is 17.9. The first-order valence-corrected chi connectivity index (χ1v) is 27.1. The summed E-state index contributed by atoms with van der Waals surface area (Å²) >= 11 is 0. The van der Waals surface area contributed by atoms with Crippen LogP contribution in [0.25, 0.3) is 0 Å². The fourth-order valence-corrected chi connectivity index (χ4v) is 7.69. The van der Waals surface area contributed by atoms with E-state index in [-0.39, 0.29) is 31.1 Å². The quantitative estimate of drug-likeness (QED) is 0.0262. The molecule has 63 heavy (non-hydrogen) atoms. The molecule has 0 aliphatic heterocycles. The molecule has 0 fully saturated rings. The average molecular weight is 883 g/mol. The summed E-state index contributed by atoms with van der Waals surface area (Å²) in [4.78, 5) is 38.0. The molecule has 6 heteroatoms. The summed E-state index contributed by atoms with van der Waals surface area (Å²) in [7, 11) is 0. The highest BCUT2D eigenvalue weighted by Crippen LogP contribution is 2.15. The van der Waals surface area contributed by atoms with E-state index < -0.39 is 6.10 Å². The molecule has 366 valence electrons. The van der Waals surface area contributed by atoms with Gasteiger partial charge in [-0.15, -0.1) is 0 Å². The highest BCUT2D eigenvalue weighted by atomic mass is 16.6. The molecule has 0 saturated carbocycles. The van der Waals surface area contributed by atoms with Crippen molar-refractivity contribution in [3.63, 3.8) is 0 Å². The molecule has 0 radical (unpaired) electrons. The van der Waals surface area contributed by atoms with Crippen LogP contribution in [0.15, 0.2) is 48.6 Å². The van der Waals surface area contributed by atoms with Gasteiger partial charge in [-0.1, -0.05) is 230 Å². The summed E-state index contributed by atoms with van der Waals surface area (Å²) in [5.41, 5.74) is 0. The van der Waals surface area contributed by atoms with Gasteiger partial charge in [0.15, 0.2) is 6.10 Å². The highest BCUT2D eigenvalue weighted by Gasteiger charge is 2.19. The maximum absolute atomic E-state index is 12.8. The van der Waals surface area contributed by atoms with Gasteiger partial charge in [-0.05, 0) is 77.0 Å². The van der Waals surface area contributed by atoms with E-state index in [1.165, 1.54) is 167 Å². The lowest BCUT2D eigenvalue weighted by Crippen LogP contribution is -2.30. The Morgan fingerprint density at radius 2 is 0.587 bits per heavy atom. The van der Waals surface area contributed by atoms with Crippen LogP contribution in [0.5, 0.6) is 0 Å². The number of rotatable bonds is 49. The van der Waals surface area contributed by atoms with Gasteiger partial charge in [-0.3, -0.25) is 14.4 Å². The molecule has 0 aliphatic carbocycles. The zero-order valence-corrected chi connectivity index (χ0v) is 41.8. The van der Waals surface area contributed by atoms with Crippen molar-refractivity contribution in [3.05, 3.63) is 48.6 Å². The molecular weight excluding hydrogens is 781 g/mol. The number of carbonyl (C=O) groups excluding carboxylic acids is 3. The summed E-state index contributed by atoms with van der Waals surface area (Å²) in [6, 6.07) is 0. The van der Waals surface area contributed by atoms with Gasteiger partial charge in [0, 0.05) is 19.3 Å². The third-order valence-corrected chi connectivity index (χ3v) is 11.8. The molecule has 0 bridgehead atoms. The minimum Gasteiger partial charge on any atom is -0.462 e. The topological polar surface area (TPSA) is 78.9 Å². The Balaban J connectivity index is 4.43. The van der Waals surface area contributed by atoms with Crippen molar-refractivity contribution < 1.29 is 28.6 Å². The number of carbonyl (C=O) groups is 3. The Kier molecular flexibility index (Phi) is 49.8. The van der Waals surface area contributed by atoms with Crippen LogP contribution < -0.4 is 0 Å². The van der Waals surface area contributed by atoms with E-state index in [2.05, 4.69) is 69.4 Å². The molecule has 1 atom stereocenters. The molecule has 0 aromatic carbocycles. The molecule has 0 heterocycles. The van der Waals surface area contributed by atoms with E-state index in [9.17, 15) is 14.4 Å². The lowest BCUT2D eigenvalue weighted by atomic mass is 10.0. The van der Waals surface area contributed by atoms with Crippen LogP contribution in [-0.2, 0) is 28.6 Å². The molecule has 6 nitrogen and oxygen atoms in total. The molecule has 0 amide bonds. The fraction of sp³-hybridized carbons (Fsp3) is 0.807. The molecule has 0 N–H and O–H groups in total. The average Bonchev–Trinajstić information content (AvgIpc) is 3.28. The molecule has 0 aromatic heterocycles. The monoisotopic (exact) mass is 883 g/mol. The van der Waals surface area contributed by atoms with Crippen LogP contribution >= 0.6 is 0 Å². The molecule has 0 unspecified atom stereocenters. The van der Waals surface area contributed by atoms with E-state index in [0.29, 0.717) is 25.7 Å². The fourth-order valence-electron chi connectivity index (χ4n) is 7.69. The molecule has 0 aromatic rings. The summed E-state index contributed by atoms with van der Waals surface area (Å²) in [5, 5.41) is 0. The standard InChI is InChI=1S/C57H102O6/c1-4-7-10-13-16-19-22-25-27-28-30-32-35-38-41-44-47-50-56(59)62-53-54(52-61-55(58)49-46-43-40-37-34-31-24-21-18-15-12-9-6-3)63-57(60)51-48-45-42-39-36-33-29-26-23-20-17-14-11-8-5-2/h21,24-25,27,30,32,38,41,54H,4-20,22-23,26,28-29,31,33-37,39-40,42-53H2,1-3H3/b24-21-,27-25-,32-30-,41-38-/t54-/m0/s1. The lowest BCUT2D eigenvalue weighted by Gasteiger charge is -2.18. The SMILES string of the molecule is CCCCCC/C=C\CCCCCCCC(=O)OC[C@@H](COC(=O)CCC/C=C\C/C=C\C/C=C\CCCCCCCC)OC(=O)CCCCCCCCCCCCCCCCC. The summed E-state index contributed by atoms with van der Waals surface area (Å²) in [6.07, 6.45) is 62.4. The van der Waals surface area contributed by atoms with Crippen molar-refractivity contribution in [1.29, 1.82) is 0 Å². The van der Waals surface area contributed by atoms with Crippen LogP contribution in [0.4, 0.5) is 0 Å². The van der Waals surface area contributed by atoms with Crippen molar-refractivity contribution in [2.75, 3.05) is 13.2 Å². The zero-order valence-electron chi connectivity index (χ0n) is 41.8. The van der Waals surface area contributed by atoms with Crippen molar-refractivity contribution >= 4 is 17.9 Å². The van der Waals surface area contributed by atoms with Gasteiger partial charge in [-0.2, -0.15) is 0 Å². The predicted molar refractivity (Wildman–Crippen MR) is 270 cm³/mol. The Bertz CT molecular complexity index is 1110. The first kappa shape index (κ1) is 60.4. The molecular formula is C57H102O6. The van der Waals surface area contributed by atoms with E-state index >= 15 is 0 Å². The van der Waals surface area contributed by atoms with Crippen LogP contribution in [0.2, 0.25) is 0 Å². The molecule has 0 saturated heterocycles. The van der Waals surface area contributed by atoms with E-state index in [0.717, 1.165) is 64.2 Å². The van der Waals surface area contributed by atoms with Gasteiger partial charge in [0.2, 0.25) is 0 Å². The van der Waals surface area contributed by atoms with E-state index in [4.69, 9.17) is 14.2 Å². The maximum Gasteiger partial charge on any atom is 0.306 e. The van der Waals surface area contributed by atoms with E-state index in [1.54, 1.807) is 0 Å². The van der Waals surface area contributed by atoms with Crippen molar-refractivity contribution in [1.82, 2.24) is 0 Å². The molecule has 0 aliphatic rings. The van der Waals surface area contributed by atoms with Gasteiger partial charge >= 0.3 is 17.9 Å². The summed E-state index contributed by atoms with van der Waals surface area (Å²) < 4.78 is 16.8. The summed E-state index contributed by atoms with van der Waals surface area (Å²) in [6.45, 7) is 6.59. The third kappa shape index (κ3) is 50.2. The van der Waals surface area contributed by atoms with Gasteiger partial charge in [0.25, 0.3) is 0 Å². The maximum atomic E-state index is 12.8. The van der Waals surface area contributed by atoms with Crippen LogP contribution in [0, 0.1) is 0 Å². The number of esters is 3. The van der Waals surface area contributed by atoms with Crippen molar-refractivity contribution in [2.45, 2.75) is 284 Å². The van der Waals surface area contributed by atoms with Crippen molar-refractivity contribution in [3.8, 4) is 0 Å². The second kappa shape index (κ2) is 52.0. The first-order chi connectivity index (χ1) is 31.0. The second-order valence-corrected chi connectivity index (χ2v) is 18.1. The van der Waals surface area contributed by atoms with Crippen LogP contribution in [0.1, 0.15) is 278 Å². The van der Waals surface area contributed by atoms with Gasteiger partial charge < -0.3 is 14.2 Å². The minimum atomic E-state index is -0.793. The zero-order chi connectivity index (χ0) is 45.8. The van der Waals surface area contributed by atoms with Gasteiger partial charge in [-0.25, -0.2) is 0 Å². The largest absolute Gasteiger partial charge is 0.462 e. The Morgan fingerprint density at radius 1 is 0.317 bits per heavy atom. The highest BCUT2D eigenvalue weighted by molar-refractivity contribution is 5.71. The van der Waals surface area contributed by atoms with E-state index in [1.807, 2.05) is 0 Å². The summed E-state index contributed by atoms with van der Waals surface area (Å²) in [5.74, 6) is -0.942. The first-order valence-electron chi connectivity index (χ1n) is 27.1. The van der Waals surface area contributed by atoms with Crippen LogP contribution in [-0.4, -0.2) is 37.2 Å². The smallest absolute Gasteiger partial charge is 0.306 e. The molecule has 0 rings (SSSR count). The van der Waals surface area contributed by atoms with Gasteiger partial charge in [0.05, 0.1) is 0 Å². The van der Waals surface area contributed by atoms with Crippen LogP contribution in [0.3, 0.4) is 0 Å². The second-order valence-electron chi connectivity index (χ2n) is 18.1.